The van der Waals surface area contributed by atoms with Crippen molar-refractivity contribution in [3.63, 3.8) is 0 Å². The van der Waals surface area contributed by atoms with Gasteiger partial charge in [-0.15, -0.1) is 0 Å². The third-order valence-corrected chi connectivity index (χ3v) is 3.65. The molecule has 0 spiro atoms. The lowest BCUT2D eigenvalue weighted by atomic mass is 10.2. The molecule has 124 valence electrons. The van der Waals surface area contributed by atoms with E-state index in [0.29, 0.717) is 37.4 Å². The van der Waals surface area contributed by atoms with Gasteiger partial charge in [0.1, 0.15) is 18.4 Å². The Balaban J connectivity index is 1.93. The van der Waals surface area contributed by atoms with E-state index in [9.17, 15) is 5.11 Å². The lowest BCUT2D eigenvalue weighted by Crippen LogP contribution is -2.40. The molecule has 2 rings (SSSR count). The Bertz CT molecular complexity index is 463. The highest BCUT2D eigenvalue weighted by atomic mass is 79.9. The average molecular weight is 375 g/mol. The van der Waals surface area contributed by atoms with Gasteiger partial charge in [0, 0.05) is 25.0 Å². The van der Waals surface area contributed by atoms with E-state index in [2.05, 4.69) is 36.5 Å². The van der Waals surface area contributed by atoms with Crippen LogP contribution in [0.25, 0.3) is 0 Å². The van der Waals surface area contributed by atoms with E-state index in [0.717, 1.165) is 0 Å². The molecule has 1 saturated heterocycles. The monoisotopic (exact) mass is 374 g/mol. The molecule has 0 radical (unpaired) electrons. The van der Waals surface area contributed by atoms with Crippen LogP contribution in [0.3, 0.4) is 0 Å². The van der Waals surface area contributed by atoms with E-state index in [4.69, 9.17) is 9.47 Å². The van der Waals surface area contributed by atoms with Gasteiger partial charge in [0.05, 0.1) is 24.2 Å². The summed E-state index contributed by atoms with van der Waals surface area (Å²) in [6.45, 7) is 5.80. The number of nitrogens with one attached hydrogen (secondary N) is 2. The Kier molecular flexibility index (Phi) is 6.97. The van der Waals surface area contributed by atoms with Gasteiger partial charge in [0.25, 0.3) is 0 Å². The van der Waals surface area contributed by atoms with Crippen molar-refractivity contribution < 1.29 is 14.6 Å². The van der Waals surface area contributed by atoms with Gasteiger partial charge in [-0.2, -0.15) is 0 Å². The number of alkyl halides is 1. The molecule has 3 N–H and O–H groups in total. The number of hydrogen-bond donors (Lipinski definition) is 3. The van der Waals surface area contributed by atoms with Crippen molar-refractivity contribution in [3.8, 4) is 5.88 Å². The zero-order valence-electron chi connectivity index (χ0n) is 12.8. The number of ether oxygens (including phenoxy) is 2. The largest absolute Gasteiger partial charge is 0.474 e. The predicted molar refractivity (Wildman–Crippen MR) is 86.1 cm³/mol. The zero-order valence-corrected chi connectivity index (χ0v) is 14.4. The highest BCUT2D eigenvalue weighted by Crippen LogP contribution is 2.24. The van der Waals surface area contributed by atoms with Gasteiger partial charge < -0.3 is 19.9 Å². The Morgan fingerprint density at radius 2 is 2.23 bits per heavy atom. The van der Waals surface area contributed by atoms with Gasteiger partial charge in [-0.1, -0.05) is 29.8 Å². The summed E-state index contributed by atoms with van der Waals surface area (Å²) in [5.41, 5.74) is 0.690. The van der Waals surface area contributed by atoms with E-state index in [1.54, 1.807) is 12.4 Å². The van der Waals surface area contributed by atoms with Crippen molar-refractivity contribution in [1.29, 1.82) is 0 Å². The van der Waals surface area contributed by atoms with Crippen LogP contribution < -0.4 is 15.4 Å². The summed E-state index contributed by atoms with van der Waals surface area (Å²) >= 11 is 3.47. The van der Waals surface area contributed by atoms with Crippen LogP contribution in [0.15, 0.2) is 12.4 Å². The number of aromatic nitrogens is 2. The summed E-state index contributed by atoms with van der Waals surface area (Å²) in [6, 6.07) is 0.230. The number of aliphatic hydroxyl groups excluding tert-OH is 1. The lowest BCUT2D eigenvalue weighted by molar-refractivity contribution is 0.0649. The number of halogens is 1. The molecule has 8 heteroatoms. The van der Waals surface area contributed by atoms with Crippen LogP contribution in [0.1, 0.15) is 25.6 Å². The van der Waals surface area contributed by atoms with Crippen LogP contribution in [-0.4, -0.2) is 58.5 Å². The maximum atomic E-state index is 9.92. The fraction of sp³-hybridized carbons (Fsp3) is 0.714. The summed E-state index contributed by atoms with van der Waals surface area (Å²) < 4.78 is 11.1. The maximum Gasteiger partial charge on any atom is 0.237 e. The van der Waals surface area contributed by atoms with E-state index >= 15 is 0 Å². The summed E-state index contributed by atoms with van der Waals surface area (Å²) in [6.07, 6.45) is 2.60. The topological polar surface area (TPSA) is 88.5 Å². The highest BCUT2D eigenvalue weighted by molar-refractivity contribution is 9.09. The van der Waals surface area contributed by atoms with Gasteiger partial charge in [-0.05, 0) is 0 Å². The van der Waals surface area contributed by atoms with E-state index in [1.165, 1.54) is 0 Å². The summed E-state index contributed by atoms with van der Waals surface area (Å²) in [7, 11) is 0. The molecule has 0 aliphatic carbocycles. The molecule has 3 unspecified atom stereocenters. The predicted octanol–water partition coefficient (Wildman–Crippen LogP) is 0.596. The first kappa shape index (κ1) is 17.6. The molecule has 1 fully saturated rings. The maximum absolute atomic E-state index is 9.92. The standard InChI is InChI=1S/C14H23BrN4O3/c1-9(2)18-5-10(20)6-22-14-13(16-3-4-17-14)11-7-21-8-12(15)19-11/h3-4,9-12,18-20H,5-8H2,1-2H3. The van der Waals surface area contributed by atoms with E-state index in [-0.39, 0.29) is 17.6 Å². The van der Waals surface area contributed by atoms with Crippen LogP contribution >= 0.6 is 15.9 Å². The Hall–Kier alpha value is -0.800. The minimum absolute atomic E-state index is 0.0712. The Morgan fingerprint density at radius 3 is 2.95 bits per heavy atom. The quantitative estimate of drug-likeness (QED) is 0.475. The van der Waals surface area contributed by atoms with Crippen LogP contribution in [0.5, 0.6) is 5.88 Å². The molecule has 2 heterocycles. The fourth-order valence-corrected chi connectivity index (χ4v) is 2.56. The second kappa shape index (κ2) is 8.73. The summed E-state index contributed by atoms with van der Waals surface area (Å²) in [5.74, 6) is 0.425. The first-order valence-electron chi connectivity index (χ1n) is 7.39. The average Bonchev–Trinajstić information content (AvgIpc) is 2.51. The third kappa shape index (κ3) is 5.44. The Morgan fingerprint density at radius 1 is 1.45 bits per heavy atom. The molecule has 0 aromatic carbocycles. The zero-order chi connectivity index (χ0) is 15.9. The first-order valence-corrected chi connectivity index (χ1v) is 8.31. The van der Waals surface area contributed by atoms with Crippen LogP contribution in [-0.2, 0) is 4.74 Å². The van der Waals surface area contributed by atoms with Crippen molar-refractivity contribution >= 4 is 15.9 Å². The fourth-order valence-electron chi connectivity index (χ4n) is 2.05. The highest BCUT2D eigenvalue weighted by Gasteiger charge is 2.25. The van der Waals surface area contributed by atoms with Gasteiger partial charge in [0.2, 0.25) is 5.88 Å². The van der Waals surface area contributed by atoms with Gasteiger partial charge in [0.15, 0.2) is 0 Å². The normalized spacial score (nSPS) is 23.5. The summed E-state index contributed by atoms with van der Waals surface area (Å²) in [5, 5.41) is 16.4. The second-order valence-corrected chi connectivity index (χ2v) is 6.60. The number of nitrogens with zero attached hydrogens (tertiary/aromatic N) is 2. The van der Waals surface area contributed by atoms with Crippen molar-refractivity contribution in [2.75, 3.05) is 26.4 Å². The Labute approximate surface area is 139 Å². The van der Waals surface area contributed by atoms with Crippen LogP contribution in [0, 0.1) is 0 Å². The molecule has 3 atom stereocenters. The molecule has 1 aromatic heterocycles. The third-order valence-electron chi connectivity index (χ3n) is 3.13. The minimum Gasteiger partial charge on any atom is -0.474 e. The molecular weight excluding hydrogens is 352 g/mol. The van der Waals surface area contributed by atoms with Gasteiger partial charge in [-0.25, -0.2) is 4.98 Å². The summed E-state index contributed by atoms with van der Waals surface area (Å²) in [4.78, 5) is 8.63. The molecule has 1 aliphatic rings. The van der Waals surface area contributed by atoms with Crippen molar-refractivity contribution in [2.45, 2.75) is 37.0 Å². The van der Waals surface area contributed by atoms with Crippen molar-refractivity contribution in [3.05, 3.63) is 18.1 Å². The number of aliphatic hydroxyl groups is 1. The number of hydrogen-bond acceptors (Lipinski definition) is 7. The molecule has 22 heavy (non-hydrogen) atoms. The van der Waals surface area contributed by atoms with Crippen molar-refractivity contribution in [1.82, 2.24) is 20.6 Å². The van der Waals surface area contributed by atoms with Gasteiger partial charge in [-0.3, -0.25) is 10.3 Å². The molecule has 0 amide bonds. The lowest BCUT2D eigenvalue weighted by Gasteiger charge is -2.28. The van der Waals surface area contributed by atoms with Crippen LogP contribution in [0.2, 0.25) is 0 Å². The number of morpholine rings is 1. The molecular formula is C14H23BrN4O3. The molecule has 7 nitrogen and oxygen atoms in total. The smallest absolute Gasteiger partial charge is 0.237 e. The SMILES string of the molecule is CC(C)NCC(O)COc1nccnc1C1COCC(Br)N1. The van der Waals surface area contributed by atoms with Crippen molar-refractivity contribution in [2.24, 2.45) is 0 Å². The van der Waals surface area contributed by atoms with E-state index in [1.807, 2.05) is 13.8 Å². The number of rotatable bonds is 7. The molecule has 0 saturated carbocycles. The van der Waals surface area contributed by atoms with Gasteiger partial charge >= 0.3 is 0 Å². The first-order chi connectivity index (χ1) is 10.6. The van der Waals surface area contributed by atoms with E-state index < -0.39 is 6.10 Å². The molecule has 1 aromatic rings. The molecule has 1 aliphatic heterocycles. The van der Waals surface area contributed by atoms with Crippen LogP contribution in [0.4, 0.5) is 0 Å². The minimum atomic E-state index is -0.600. The second-order valence-electron chi connectivity index (χ2n) is 5.50. The molecule has 0 bridgehead atoms.